The maximum absolute atomic E-state index is 3.41. The van der Waals surface area contributed by atoms with Crippen molar-refractivity contribution in [1.82, 2.24) is 15.1 Å². The smallest absolute Gasteiger partial charge is 0.0224 e. The summed E-state index contributed by atoms with van der Waals surface area (Å²) in [4.78, 5) is 5.13. The molecule has 2 aliphatic heterocycles. The fraction of sp³-hybridized carbons (Fsp3) is 1.00. The first-order valence-corrected chi connectivity index (χ1v) is 5.49. The van der Waals surface area contributed by atoms with Crippen LogP contribution in [0.2, 0.25) is 0 Å². The van der Waals surface area contributed by atoms with E-state index in [0.29, 0.717) is 0 Å². The van der Waals surface area contributed by atoms with Crippen molar-refractivity contribution in [2.45, 2.75) is 18.9 Å². The number of piperidine rings is 1. The molecule has 1 N–H and O–H groups in total. The Morgan fingerprint density at radius 2 is 1.92 bits per heavy atom. The van der Waals surface area contributed by atoms with Crippen LogP contribution in [0, 0.1) is 0 Å². The molecule has 2 heterocycles. The zero-order valence-corrected chi connectivity index (χ0v) is 8.63. The Labute approximate surface area is 81.1 Å². The number of piperazine rings is 1. The summed E-state index contributed by atoms with van der Waals surface area (Å²) in [7, 11) is 2.24. The minimum Gasteiger partial charge on any atom is -0.314 e. The van der Waals surface area contributed by atoms with Crippen LogP contribution in [0.5, 0.6) is 0 Å². The Morgan fingerprint density at radius 1 is 1.15 bits per heavy atom. The average molecular weight is 183 g/mol. The minimum atomic E-state index is 0.834. The van der Waals surface area contributed by atoms with Crippen LogP contribution in [-0.4, -0.2) is 62.2 Å². The Morgan fingerprint density at radius 3 is 2.62 bits per heavy atom. The molecular formula is C10H21N3. The van der Waals surface area contributed by atoms with Crippen molar-refractivity contribution in [2.75, 3.05) is 46.3 Å². The summed E-state index contributed by atoms with van der Waals surface area (Å²) in [6.07, 6.45) is 2.79. The van der Waals surface area contributed by atoms with Crippen molar-refractivity contribution in [3.05, 3.63) is 0 Å². The highest BCUT2D eigenvalue weighted by Gasteiger charge is 2.24. The molecule has 0 spiro atoms. The lowest BCUT2D eigenvalue weighted by Gasteiger charge is -2.39. The van der Waals surface area contributed by atoms with Gasteiger partial charge in [-0.25, -0.2) is 0 Å². The fourth-order valence-corrected chi connectivity index (χ4v) is 2.48. The van der Waals surface area contributed by atoms with E-state index in [1.807, 2.05) is 0 Å². The second-order valence-corrected chi connectivity index (χ2v) is 4.34. The largest absolute Gasteiger partial charge is 0.314 e. The van der Waals surface area contributed by atoms with Gasteiger partial charge in [-0.05, 0) is 26.4 Å². The van der Waals surface area contributed by atoms with Gasteiger partial charge in [0.05, 0.1) is 0 Å². The van der Waals surface area contributed by atoms with Crippen LogP contribution in [0.1, 0.15) is 12.8 Å². The van der Waals surface area contributed by atoms with Crippen molar-refractivity contribution < 1.29 is 0 Å². The first kappa shape index (κ1) is 9.44. The van der Waals surface area contributed by atoms with Crippen molar-refractivity contribution in [1.29, 1.82) is 0 Å². The minimum absolute atomic E-state index is 0.834. The molecule has 0 aliphatic carbocycles. The summed E-state index contributed by atoms with van der Waals surface area (Å²) in [6.45, 7) is 7.43. The zero-order valence-electron chi connectivity index (χ0n) is 8.63. The van der Waals surface area contributed by atoms with Crippen molar-refractivity contribution in [3.63, 3.8) is 0 Å². The standard InChI is InChI=1S/C10H21N3/c1-12-6-2-3-10(9-12)13-7-4-11-5-8-13/h10-11H,2-9H2,1H3/t10-/m0/s1. The Balaban J connectivity index is 1.83. The predicted molar refractivity (Wildman–Crippen MR) is 55.0 cm³/mol. The Hall–Kier alpha value is -0.120. The summed E-state index contributed by atoms with van der Waals surface area (Å²) < 4.78 is 0. The number of nitrogens with zero attached hydrogens (tertiary/aromatic N) is 2. The van der Waals surface area contributed by atoms with Gasteiger partial charge in [0.25, 0.3) is 0 Å². The average Bonchev–Trinajstić information content (AvgIpc) is 2.19. The van der Waals surface area contributed by atoms with Gasteiger partial charge in [-0.2, -0.15) is 0 Å². The monoisotopic (exact) mass is 183 g/mol. The first-order chi connectivity index (χ1) is 6.36. The van der Waals surface area contributed by atoms with Crippen LogP contribution in [0.4, 0.5) is 0 Å². The van der Waals surface area contributed by atoms with Crippen LogP contribution >= 0.6 is 0 Å². The van der Waals surface area contributed by atoms with Crippen LogP contribution in [-0.2, 0) is 0 Å². The van der Waals surface area contributed by atoms with E-state index in [0.717, 1.165) is 6.04 Å². The van der Waals surface area contributed by atoms with E-state index in [1.165, 1.54) is 52.1 Å². The number of likely N-dealkylation sites (N-methyl/N-ethyl adjacent to an activating group) is 1. The number of rotatable bonds is 1. The number of hydrogen-bond donors (Lipinski definition) is 1. The van der Waals surface area contributed by atoms with Gasteiger partial charge in [-0.3, -0.25) is 4.90 Å². The quantitative estimate of drug-likeness (QED) is 0.616. The van der Waals surface area contributed by atoms with Gasteiger partial charge in [-0.1, -0.05) is 0 Å². The molecule has 2 aliphatic rings. The fourth-order valence-electron chi connectivity index (χ4n) is 2.48. The summed E-state index contributed by atoms with van der Waals surface area (Å²) in [5.41, 5.74) is 0. The molecule has 3 nitrogen and oxygen atoms in total. The maximum Gasteiger partial charge on any atom is 0.0224 e. The molecule has 13 heavy (non-hydrogen) atoms. The highest BCUT2D eigenvalue weighted by Crippen LogP contribution is 2.14. The lowest BCUT2D eigenvalue weighted by atomic mass is 10.0. The molecule has 2 fully saturated rings. The van der Waals surface area contributed by atoms with Gasteiger partial charge in [0, 0.05) is 38.8 Å². The maximum atomic E-state index is 3.41. The number of hydrogen-bond acceptors (Lipinski definition) is 3. The van der Waals surface area contributed by atoms with Crippen molar-refractivity contribution >= 4 is 0 Å². The molecule has 76 valence electrons. The summed E-state index contributed by atoms with van der Waals surface area (Å²) in [5, 5.41) is 3.41. The van der Waals surface area contributed by atoms with E-state index < -0.39 is 0 Å². The molecule has 0 unspecified atom stereocenters. The number of likely N-dealkylation sites (tertiary alicyclic amines) is 1. The molecule has 2 rings (SSSR count). The lowest BCUT2D eigenvalue weighted by Crippen LogP contribution is -2.53. The van der Waals surface area contributed by atoms with Crippen LogP contribution in [0.15, 0.2) is 0 Å². The first-order valence-electron chi connectivity index (χ1n) is 5.49. The van der Waals surface area contributed by atoms with Gasteiger partial charge in [-0.15, -0.1) is 0 Å². The molecule has 0 amide bonds. The molecule has 0 aromatic heterocycles. The lowest BCUT2D eigenvalue weighted by molar-refractivity contribution is 0.101. The van der Waals surface area contributed by atoms with Gasteiger partial charge in [0.15, 0.2) is 0 Å². The van der Waals surface area contributed by atoms with Crippen LogP contribution in [0.25, 0.3) is 0 Å². The topological polar surface area (TPSA) is 18.5 Å². The molecule has 0 bridgehead atoms. The van der Waals surface area contributed by atoms with Gasteiger partial charge in [0.2, 0.25) is 0 Å². The van der Waals surface area contributed by atoms with E-state index in [1.54, 1.807) is 0 Å². The third-order valence-electron chi connectivity index (χ3n) is 3.27. The van der Waals surface area contributed by atoms with Crippen molar-refractivity contribution in [3.8, 4) is 0 Å². The van der Waals surface area contributed by atoms with Crippen LogP contribution < -0.4 is 5.32 Å². The summed E-state index contributed by atoms with van der Waals surface area (Å²) in [5.74, 6) is 0. The van der Waals surface area contributed by atoms with Crippen LogP contribution in [0.3, 0.4) is 0 Å². The molecule has 0 aromatic rings. The normalized spacial score (nSPS) is 33.5. The summed E-state index contributed by atoms with van der Waals surface area (Å²) in [6, 6.07) is 0.834. The van der Waals surface area contributed by atoms with E-state index in [2.05, 4.69) is 22.2 Å². The summed E-state index contributed by atoms with van der Waals surface area (Å²) >= 11 is 0. The molecule has 0 aromatic carbocycles. The second-order valence-electron chi connectivity index (χ2n) is 4.34. The van der Waals surface area contributed by atoms with Gasteiger partial charge in [0.1, 0.15) is 0 Å². The Bertz CT molecular complexity index is 154. The second kappa shape index (κ2) is 4.40. The van der Waals surface area contributed by atoms with E-state index >= 15 is 0 Å². The molecule has 1 atom stereocenters. The number of nitrogens with one attached hydrogen (secondary N) is 1. The molecule has 0 radical (unpaired) electrons. The third-order valence-corrected chi connectivity index (χ3v) is 3.27. The highest BCUT2D eigenvalue weighted by atomic mass is 15.2. The molecular weight excluding hydrogens is 162 g/mol. The van der Waals surface area contributed by atoms with Gasteiger partial charge >= 0.3 is 0 Å². The van der Waals surface area contributed by atoms with E-state index in [4.69, 9.17) is 0 Å². The zero-order chi connectivity index (χ0) is 9.10. The predicted octanol–water partition coefficient (Wildman–Crippen LogP) is -0.0142. The van der Waals surface area contributed by atoms with Gasteiger partial charge < -0.3 is 10.2 Å². The SMILES string of the molecule is CN1CCC[C@H](N2CCNCC2)C1. The van der Waals surface area contributed by atoms with Crippen molar-refractivity contribution in [2.24, 2.45) is 0 Å². The van der Waals surface area contributed by atoms with E-state index in [-0.39, 0.29) is 0 Å². The molecule has 0 saturated carbocycles. The molecule has 2 saturated heterocycles. The molecule has 3 heteroatoms. The Kier molecular flexibility index (Phi) is 3.19. The third kappa shape index (κ3) is 2.42. The highest BCUT2D eigenvalue weighted by molar-refractivity contribution is 4.81. The van der Waals surface area contributed by atoms with E-state index in [9.17, 15) is 0 Å².